The fraction of sp³-hybridized carbons (Fsp3) is 0.333. The third kappa shape index (κ3) is 3.04. The zero-order valence-electron chi connectivity index (χ0n) is 11.9. The minimum absolute atomic E-state index is 0.168. The summed E-state index contributed by atoms with van der Waals surface area (Å²) < 4.78 is 16.1. The molecule has 1 fully saturated rings. The van der Waals surface area contributed by atoms with E-state index >= 15 is 0 Å². The van der Waals surface area contributed by atoms with Crippen LogP contribution < -0.4 is 9.47 Å². The van der Waals surface area contributed by atoms with E-state index in [1.807, 2.05) is 11.8 Å². The highest BCUT2D eigenvalue weighted by Gasteiger charge is 2.20. The number of hydrogen-bond acceptors (Lipinski definition) is 6. The van der Waals surface area contributed by atoms with E-state index in [0.717, 1.165) is 23.5 Å². The van der Waals surface area contributed by atoms with Crippen LogP contribution in [0, 0.1) is 0 Å². The minimum Gasteiger partial charge on any atom is -0.493 e. The Labute approximate surface area is 131 Å². The predicted octanol–water partition coefficient (Wildman–Crippen LogP) is 2.93. The Morgan fingerprint density at radius 3 is 2.91 bits per heavy atom. The van der Waals surface area contributed by atoms with Crippen molar-refractivity contribution in [3.05, 3.63) is 30.0 Å². The minimum atomic E-state index is -1.15. The fourth-order valence-corrected chi connectivity index (χ4v) is 3.32. The van der Waals surface area contributed by atoms with Crippen molar-refractivity contribution in [2.45, 2.75) is 12.5 Å². The summed E-state index contributed by atoms with van der Waals surface area (Å²) in [6.07, 6.45) is 1.17. The van der Waals surface area contributed by atoms with Gasteiger partial charge in [-0.05, 0) is 30.4 Å². The lowest BCUT2D eigenvalue weighted by Gasteiger charge is -2.16. The van der Waals surface area contributed by atoms with Crippen molar-refractivity contribution in [1.82, 2.24) is 5.16 Å². The van der Waals surface area contributed by atoms with Gasteiger partial charge in [0, 0.05) is 17.4 Å². The Hall–Kier alpha value is -2.15. The number of benzene rings is 1. The average Bonchev–Trinajstić information content (AvgIpc) is 3.18. The molecule has 1 unspecified atom stereocenters. The monoisotopic (exact) mass is 321 g/mol. The molecule has 1 aliphatic rings. The van der Waals surface area contributed by atoms with Gasteiger partial charge in [0.2, 0.25) is 5.76 Å². The molecule has 0 spiro atoms. The molecular formula is C15H15NO5S. The van der Waals surface area contributed by atoms with Crippen molar-refractivity contribution in [3.63, 3.8) is 0 Å². The molecule has 7 heteroatoms. The van der Waals surface area contributed by atoms with Gasteiger partial charge in [-0.3, -0.25) is 0 Å². The van der Waals surface area contributed by atoms with Crippen LogP contribution in [-0.2, 0) is 0 Å². The molecule has 1 N–H and O–H groups in total. The second-order valence-corrected chi connectivity index (χ2v) is 6.00. The van der Waals surface area contributed by atoms with E-state index in [-0.39, 0.29) is 11.9 Å². The number of thioether (sulfide) groups is 1. The highest BCUT2D eigenvalue weighted by atomic mass is 32.2. The van der Waals surface area contributed by atoms with Crippen molar-refractivity contribution >= 4 is 17.7 Å². The molecular weight excluding hydrogens is 306 g/mol. The summed E-state index contributed by atoms with van der Waals surface area (Å²) in [6.45, 7) is 0. The van der Waals surface area contributed by atoms with Crippen LogP contribution in [0.5, 0.6) is 11.5 Å². The largest absolute Gasteiger partial charge is 0.493 e. The van der Waals surface area contributed by atoms with Crippen LogP contribution in [-0.4, -0.2) is 41.0 Å². The Morgan fingerprint density at radius 2 is 2.27 bits per heavy atom. The molecule has 1 saturated heterocycles. The van der Waals surface area contributed by atoms with Crippen molar-refractivity contribution in [1.29, 1.82) is 0 Å². The van der Waals surface area contributed by atoms with E-state index in [0.29, 0.717) is 17.2 Å². The molecule has 1 aliphatic heterocycles. The summed E-state index contributed by atoms with van der Waals surface area (Å²) in [5.74, 6) is 1.99. The van der Waals surface area contributed by atoms with E-state index < -0.39 is 5.97 Å². The van der Waals surface area contributed by atoms with Gasteiger partial charge in [0.1, 0.15) is 11.8 Å². The zero-order valence-corrected chi connectivity index (χ0v) is 12.8. The first-order valence-electron chi connectivity index (χ1n) is 6.80. The van der Waals surface area contributed by atoms with Crippen LogP contribution in [0.1, 0.15) is 17.0 Å². The quantitative estimate of drug-likeness (QED) is 0.906. The molecule has 0 bridgehead atoms. The van der Waals surface area contributed by atoms with Gasteiger partial charge in [-0.15, -0.1) is 0 Å². The molecule has 0 radical (unpaired) electrons. The molecule has 2 heterocycles. The second kappa shape index (κ2) is 6.31. The first-order valence-corrected chi connectivity index (χ1v) is 7.95. The Bertz CT molecular complexity index is 678. The van der Waals surface area contributed by atoms with Crippen molar-refractivity contribution in [2.24, 2.45) is 0 Å². The lowest BCUT2D eigenvalue weighted by Crippen LogP contribution is -2.15. The number of carboxylic acids is 1. The van der Waals surface area contributed by atoms with E-state index in [4.69, 9.17) is 19.1 Å². The number of hydrogen-bond donors (Lipinski definition) is 1. The number of carboxylic acid groups (broad SMARTS) is 1. The molecule has 6 nitrogen and oxygen atoms in total. The van der Waals surface area contributed by atoms with E-state index in [2.05, 4.69) is 5.16 Å². The van der Waals surface area contributed by atoms with Crippen molar-refractivity contribution in [3.8, 4) is 22.8 Å². The SMILES string of the molecule is COc1ccc(-c2cc(C(=O)O)on2)cc1OC1CCSC1. The van der Waals surface area contributed by atoms with Crippen LogP contribution in [0.3, 0.4) is 0 Å². The number of ether oxygens (including phenoxy) is 2. The zero-order chi connectivity index (χ0) is 15.5. The molecule has 1 atom stereocenters. The first-order chi connectivity index (χ1) is 10.7. The molecule has 0 saturated carbocycles. The smallest absolute Gasteiger partial charge is 0.374 e. The molecule has 116 valence electrons. The van der Waals surface area contributed by atoms with Gasteiger partial charge in [-0.1, -0.05) is 5.16 Å². The fourth-order valence-electron chi connectivity index (χ4n) is 2.23. The maximum atomic E-state index is 10.9. The summed E-state index contributed by atoms with van der Waals surface area (Å²) in [4.78, 5) is 10.9. The molecule has 0 aliphatic carbocycles. The standard InChI is InChI=1S/C15H15NO5S/c1-19-12-3-2-9(11-7-14(15(17)18)21-16-11)6-13(12)20-10-4-5-22-8-10/h2-3,6-7,10H,4-5,8H2,1H3,(H,17,18). The normalized spacial score (nSPS) is 17.4. The Morgan fingerprint density at radius 1 is 1.41 bits per heavy atom. The Balaban J connectivity index is 1.89. The molecule has 0 amide bonds. The van der Waals surface area contributed by atoms with Gasteiger partial charge in [0.15, 0.2) is 11.5 Å². The van der Waals surface area contributed by atoms with Gasteiger partial charge in [0.05, 0.1) is 7.11 Å². The van der Waals surface area contributed by atoms with Crippen LogP contribution >= 0.6 is 11.8 Å². The maximum Gasteiger partial charge on any atom is 0.374 e. The number of methoxy groups -OCH3 is 1. The molecule has 1 aromatic heterocycles. The summed E-state index contributed by atoms with van der Waals surface area (Å²) in [5.41, 5.74) is 1.17. The summed E-state index contributed by atoms with van der Waals surface area (Å²) in [7, 11) is 1.59. The lowest BCUT2D eigenvalue weighted by molar-refractivity contribution is 0.0652. The third-order valence-corrected chi connectivity index (χ3v) is 4.49. The van der Waals surface area contributed by atoms with Crippen LogP contribution in [0.4, 0.5) is 0 Å². The molecule has 3 rings (SSSR count). The van der Waals surface area contributed by atoms with Crippen molar-refractivity contribution < 1.29 is 23.9 Å². The molecule has 2 aromatic rings. The van der Waals surface area contributed by atoms with Gasteiger partial charge in [-0.25, -0.2) is 4.79 Å². The second-order valence-electron chi connectivity index (χ2n) is 4.85. The van der Waals surface area contributed by atoms with E-state index in [1.54, 1.807) is 25.3 Å². The number of rotatable bonds is 5. The average molecular weight is 321 g/mol. The highest BCUT2D eigenvalue weighted by molar-refractivity contribution is 7.99. The number of aromatic carboxylic acids is 1. The molecule has 22 heavy (non-hydrogen) atoms. The summed E-state index contributed by atoms with van der Waals surface area (Å²) in [6, 6.07) is 6.76. The van der Waals surface area contributed by atoms with Crippen LogP contribution in [0.25, 0.3) is 11.3 Å². The van der Waals surface area contributed by atoms with Crippen LogP contribution in [0.2, 0.25) is 0 Å². The summed E-state index contributed by atoms with van der Waals surface area (Å²) in [5, 5.41) is 12.7. The topological polar surface area (TPSA) is 81.8 Å². The highest BCUT2D eigenvalue weighted by Crippen LogP contribution is 2.34. The maximum absolute atomic E-state index is 10.9. The number of carbonyl (C=O) groups is 1. The van der Waals surface area contributed by atoms with E-state index in [1.165, 1.54) is 6.07 Å². The van der Waals surface area contributed by atoms with Crippen LogP contribution in [0.15, 0.2) is 28.8 Å². The summed E-state index contributed by atoms with van der Waals surface area (Å²) >= 11 is 1.86. The number of nitrogens with zero attached hydrogens (tertiary/aromatic N) is 1. The lowest BCUT2D eigenvalue weighted by atomic mass is 10.1. The predicted molar refractivity (Wildman–Crippen MR) is 81.8 cm³/mol. The van der Waals surface area contributed by atoms with Gasteiger partial charge in [0.25, 0.3) is 0 Å². The van der Waals surface area contributed by atoms with Gasteiger partial charge < -0.3 is 19.1 Å². The first kappa shape index (κ1) is 14.8. The van der Waals surface area contributed by atoms with Gasteiger partial charge >= 0.3 is 5.97 Å². The third-order valence-electron chi connectivity index (χ3n) is 3.36. The van der Waals surface area contributed by atoms with E-state index in [9.17, 15) is 4.79 Å². The van der Waals surface area contributed by atoms with Crippen molar-refractivity contribution in [2.75, 3.05) is 18.6 Å². The molecule has 1 aromatic carbocycles. The van der Waals surface area contributed by atoms with Gasteiger partial charge in [-0.2, -0.15) is 11.8 Å². The Kier molecular flexibility index (Phi) is 4.24. The number of aromatic nitrogens is 1.